The van der Waals surface area contributed by atoms with Gasteiger partial charge in [-0.25, -0.2) is 0 Å². The molecule has 0 aliphatic carbocycles. The zero-order valence-electron chi connectivity index (χ0n) is 10.1. The van der Waals surface area contributed by atoms with Crippen LogP contribution in [0.1, 0.15) is 16.7 Å². The van der Waals surface area contributed by atoms with Gasteiger partial charge in [0.2, 0.25) is 0 Å². The minimum atomic E-state index is -4.39. The quantitative estimate of drug-likeness (QED) is 0.738. The van der Waals surface area contributed by atoms with E-state index < -0.39 is 11.7 Å². The Morgan fingerprint density at radius 1 is 1.05 bits per heavy atom. The molecule has 2 rings (SSSR count). The van der Waals surface area contributed by atoms with Crippen LogP contribution in [-0.2, 0) is 6.18 Å². The van der Waals surface area contributed by atoms with Crippen molar-refractivity contribution >= 4 is 0 Å². The second kappa shape index (κ2) is 4.77. The molecule has 19 heavy (non-hydrogen) atoms. The largest absolute Gasteiger partial charge is 0.417 e. The summed E-state index contributed by atoms with van der Waals surface area (Å²) in [6, 6.07) is 12.1. The van der Waals surface area contributed by atoms with Crippen LogP contribution in [0.25, 0.3) is 11.1 Å². The second-order valence-corrected chi connectivity index (χ2v) is 4.18. The SMILES string of the molecule is Cc1cc(-c2ccccc2C(F)(F)F)ccc1C#N. The molecule has 0 heterocycles. The molecule has 4 heteroatoms. The molecule has 0 unspecified atom stereocenters. The molecule has 0 bridgehead atoms. The predicted octanol–water partition coefficient (Wildman–Crippen LogP) is 4.55. The number of nitrogens with zero attached hydrogens (tertiary/aromatic N) is 1. The molecule has 0 aromatic heterocycles. The fraction of sp³-hybridized carbons (Fsp3) is 0.133. The van der Waals surface area contributed by atoms with Crippen LogP contribution in [0.2, 0.25) is 0 Å². The summed E-state index contributed by atoms with van der Waals surface area (Å²) in [6.07, 6.45) is -4.39. The fourth-order valence-electron chi connectivity index (χ4n) is 1.94. The van der Waals surface area contributed by atoms with E-state index in [0.717, 1.165) is 6.07 Å². The van der Waals surface area contributed by atoms with E-state index in [0.29, 0.717) is 16.7 Å². The lowest BCUT2D eigenvalue weighted by Gasteiger charge is -2.13. The standard InChI is InChI=1S/C15H10F3N/c1-10-8-11(6-7-12(10)9-19)13-4-2-3-5-14(13)15(16,17)18/h2-8H,1H3. The molecular weight excluding hydrogens is 251 g/mol. The number of aryl methyl sites for hydroxylation is 1. The first-order valence-corrected chi connectivity index (χ1v) is 5.61. The van der Waals surface area contributed by atoms with E-state index in [-0.39, 0.29) is 5.56 Å². The summed E-state index contributed by atoms with van der Waals surface area (Å²) >= 11 is 0. The molecule has 0 amide bonds. The van der Waals surface area contributed by atoms with E-state index in [1.165, 1.54) is 24.3 Å². The molecular formula is C15H10F3N. The summed E-state index contributed by atoms with van der Waals surface area (Å²) in [6.45, 7) is 1.71. The van der Waals surface area contributed by atoms with Crippen molar-refractivity contribution in [1.29, 1.82) is 5.26 Å². The van der Waals surface area contributed by atoms with Gasteiger partial charge in [-0.3, -0.25) is 0 Å². The number of alkyl halides is 3. The van der Waals surface area contributed by atoms with Crippen LogP contribution in [0.3, 0.4) is 0 Å². The summed E-state index contributed by atoms with van der Waals surface area (Å²) in [4.78, 5) is 0. The van der Waals surface area contributed by atoms with Crippen molar-refractivity contribution in [2.75, 3.05) is 0 Å². The third kappa shape index (κ3) is 2.60. The third-order valence-corrected chi connectivity index (χ3v) is 2.89. The van der Waals surface area contributed by atoms with E-state index >= 15 is 0 Å². The average Bonchev–Trinajstić information content (AvgIpc) is 2.37. The van der Waals surface area contributed by atoms with Gasteiger partial charge < -0.3 is 0 Å². The van der Waals surface area contributed by atoms with E-state index in [4.69, 9.17) is 5.26 Å². The maximum absolute atomic E-state index is 12.9. The van der Waals surface area contributed by atoms with Crippen LogP contribution in [-0.4, -0.2) is 0 Å². The highest BCUT2D eigenvalue weighted by Gasteiger charge is 2.33. The van der Waals surface area contributed by atoms with Gasteiger partial charge in [-0.1, -0.05) is 30.3 Å². The molecule has 1 nitrogen and oxygen atoms in total. The highest BCUT2D eigenvalue weighted by Crippen LogP contribution is 2.37. The molecule has 2 aromatic rings. The first kappa shape index (κ1) is 13.2. The smallest absolute Gasteiger partial charge is 0.192 e. The number of halogens is 3. The Bertz CT molecular complexity index is 651. The zero-order valence-corrected chi connectivity index (χ0v) is 10.1. The summed E-state index contributed by atoms with van der Waals surface area (Å²) in [7, 11) is 0. The molecule has 0 saturated carbocycles. The number of hydrogen-bond donors (Lipinski definition) is 0. The highest BCUT2D eigenvalue weighted by molar-refractivity contribution is 5.69. The normalized spacial score (nSPS) is 11.1. The van der Waals surface area contributed by atoms with Crippen molar-refractivity contribution in [2.45, 2.75) is 13.1 Å². The minimum absolute atomic E-state index is 0.127. The number of benzene rings is 2. The Morgan fingerprint density at radius 2 is 1.74 bits per heavy atom. The third-order valence-electron chi connectivity index (χ3n) is 2.89. The van der Waals surface area contributed by atoms with Crippen LogP contribution < -0.4 is 0 Å². The van der Waals surface area contributed by atoms with E-state index in [1.807, 2.05) is 6.07 Å². The number of nitriles is 1. The van der Waals surface area contributed by atoms with Crippen LogP contribution in [0.5, 0.6) is 0 Å². The van der Waals surface area contributed by atoms with Gasteiger partial charge in [0.25, 0.3) is 0 Å². The second-order valence-electron chi connectivity index (χ2n) is 4.18. The van der Waals surface area contributed by atoms with Gasteiger partial charge in [0.05, 0.1) is 17.2 Å². The summed E-state index contributed by atoms with van der Waals surface area (Å²) in [5.41, 5.74) is 1.05. The topological polar surface area (TPSA) is 23.8 Å². The molecule has 0 atom stereocenters. The van der Waals surface area contributed by atoms with Crippen molar-refractivity contribution in [3.8, 4) is 17.2 Å². The molecule has 0 N–H and O–H groups in total. The summed E-state index contributed by atoms with van der Waals surface area (Å²) in [5, 5.41) is 8.83. The lowest BCUT2D eigenvalue weighted by molar-refractivity contribution is -0.137. The van der Waals surface area contributed by atoms with Crippen LogP contribution >= 0.6 is 0 Å². The molecule has 0 fully saturated rings. The van der Waals surface area contributed by atoms with Gasteiger partial charge in [0, 0.05) is 0 Å². The average molecular weight is 261 g/mol. The fourth-order valence-corrected chi connectivity index (χ4v) is 1.94. The minimum Gasteiger partial charge on any atom is -0.192 e. The van der Waals surface area contributed by atoms with Gasteiger partial charge in [-0.05, 0) is 35.7 Å². The van der Waals surface area contributed by atoms with Crippen molar-refractivity contribution in [1.82, 2.24) is 0 Å². The van der Waals surface area contributed by atoms with Gasteiger partial charge in [0.1, 0.15) is 0 Å². The maximum atomic E-state index is 12.9. The number of rotatable bonds is 1. The van der Waals surface area contributed by atoms with Crippen LogP contribution in [0, 0.1) is 18.3 Å². The number of hydrogen-bond acceptors (Lipinski definition) is 1. The lowest BCUT2D eigenvalue weighted by atomic mass is 9.96. The molecule has 96 valence electrons. The molecule has 0 aliphatic rings. The maximum Gasteiger partial charge on any atom is 0.417 e. The molecule has 0 spiro atoms. The Labute approximate surface area is 108 Å². The molecule has 0 radical (unpaired) electrons. The molecule has 0 saturated heterocycles. The van der Waals surface area contributed by atoms with Crippen molar-refractivity contribution in [3.63, 3.8) is 0 Å². The molecule has 0 aliphatic heterocycles. The Hall–Kier alpha value is -2.28. The summed E-state index contributed by atoms with van der Waals surface area (Å²) in [5.74, 6) is 0. The highest BCUT2D eigenvalue weighted by atomic mass is 19.4. The van der Waals surface area contributed by atoms with Crippen LogP contribution in [0.4, 0.5) is 13.2 Å². The van der Waals surface area contributed by atoms with Gasteiger partial charge >= 0.3 is 6.18 Å². The van der Waals surface area contributed by atoms with E-state index in [2.05, 4.69) is 0 Å². The van der Waals surface area contributed by atoms with Gasteiger partial charge in [-0.2, -0.15) is 18.4 Å². The van der Waals surface area contributed by atoms with Gasteiger partial charge in [0.15, 0.2) is 0 Å². The lowest BCUT2D eigenvalue weighted by Crippen LogP contribution is -2.06. The summed E-state index contributed by atoms with van der Waals surface area (Å²) < 4.78 is 38.8. The van der Waals surface area contributed by atoms with E-state index in [1.54, 1.807) is 19.1 Å². The van der Waals surface area contributed by atoms with Gasteiger partial charge in [-0.15, -0.1) is 0 Å². The first-order chi connectivity index (χ1) is 8.93. The Morgan fingerprint density at radius 3 is 2.32 bits per heavy atom. The Balaban J connectivity index is 2.61. The predicted molar refractivity (Wildman–Crippen MR) is 66.3 cm³/mol. The first-order valence-electron chi connectivity index (χ1n) is 5.61. The zero-order chi connectivity index (χ0) is 14.0. The van der Waals surface area contributed by atoms with Crippen LogP contribution in [0.15, 0.2) is 42.5 Å². The Kier molecular flexibility index (Phi) is 3.30. The monoisotopic (exact) mass is 261 g/mol. The van der Waals surface area contributed by atoms with Crippen molar-refractivity contribution < 1.29 is 13.2 Å². The van der Waals surface area contributed by atoms with Crippen molar-refractivity contribution in [3.05, 3.63) is 59.2 Å². The van der Waals surface area contributed by atoms with E-state index in [9.17, 15) is 13.2 Å². The van der Waals surface area contributed by atoms with Crippen molar-refractivity contribution in [2.24, 2.45) is 0 Å². The molecule has 2 aromatic carbocycles.